The first-order chi connectivity index (χ1) is 10.3. The van der Waals surface area contributed by atoms with Crippen molar-refractivity contribution in [1.82, 2.24) is 0 Å². The zero-order valence-electron chi connectivity index (χ0n) is 12.5. The number of ether oxygens (including phenoxy) is 1. The van der Waals surface area contributed by atoms with Gasteiger partial charge in [-0.05, 0) is 36.5 Å². The third-order valence-corrected chi connectivity index (χ3v) is 4.28. The Morgan fingerprint density at radius 1 is 1.19 bits per heavy atom. The second-order valence-electron chi connectivity index (χ2n) is 5.80. The van der Waals surface area contributed by atoms with Crippen LogP contribution in [0.3, 0.4) is 0 Å². The Labute approximate surface area is 125 Å². The van der Waals surface area contributed by atoms with Gasteiger partial charge in [0.1, 0.15) is 0 Å². The molecule has 3 rings (SSSR count). The predicted octanol–water partition coefficient (Wildman–Crippen LogP) is 4.13. The molecule has 0 N–H and O–H groups in total. The number of benzene rings is 1. The number of aryl methyl sites for hydroxylation is 1. The summed E-state index contributed by atoms with van der Waals surface area (Å²) in [6, 6.07) is 8.21. The van der Waals surface area contributed by atoms with Crippen LogP contribution in [0.2, 0.25) is 0 Å². The van der Waals surface area contributed by atoms with Crippen LogP contribution in [-0.4, -0.2) is 11.9 Å². The van der Waals surface area contributed by atoms with Crippen molar-refractivity contribution in [3.05, 3.63) is 41.1 Å². The van der Waals surface area contributed by atoms with Gasteiger partial charge in [-0.2, -0.15) is 0 Å². The predicted molar refractivity (Wildman–Crippen MR) is 83.9 cm³/mol. The van der Waals surface area contributed by atoms with Gasteiger partial charge in [0.25, 0.3) is 0 Å². The maximum Gasteiger partial charge on any atom is 0.363 e. The molecule has 1 fully saturated rings. The van der Waals surface area contributed by atoms with Gasteiger partial charge in [-0.15, -0.1) is 0 Å². The molecule has 2 aliphatic rings. The lowest BCUT2D eigenvalue weighted by molar-refractivity contribution is -0.130. The number of nitrogens with zero attached hydrogens (tertiary/aromatic N) is 1. The number of cyclic esters (lactones) is 1. The molecule has 1 aliphatic heterocycles. The molecule has 0 saturated heterocycles. The van der Waals surface area contributed by atoms with Gasteiger partial charge in [-0.1, -0.05) is 50.5 Å². The van der Waals surface area contributed by atoms with Crippen LogP contribution in [0, 0.1) is 5.92 Å². The molecule has 0 radical (unpaired) electrons. The lowest BCUT2D eigenvalue weighted by Crippen LogP contribution is -2.19. The van der Waals surface area contributed by atoms with Crippen molar-refractivity contribution in [3.8, 4) is 0 Å². The Balaban J connectivity index is 1.78. The van der Waals surface area contributed by atoms with Gasteiger partial charge in [0.2, 0.25) is 5.90 Å². The molecule has 0 amide bonds. The van der Waals surface area contributed by atoms with Gasteiger partial charge >= 0.3 is 5.97 Å². The Hall–Kier alpha value is -1.90. The summed E-state index contributed by atoms with van der Waals surface area (Å²) in [6.45, 7) is 2.13. The van der Waals surface area contributed by atoms with Crippen LogP contribution >= 0.6 is 0 Å². The summed E-state index contributed by atoms with van der Waals surface area (Å²) in [5.41, 5.74) is 2.71. The van der Waals surface area contributed by atoms with Crippen molar-refractivity contribution < 1.29 is 9.53 Å². The molecule has 1 aromatic carbocycles. The second-order valence-corrected chi connectivity index (χ2v) is 5.80. The lowest BCUT2D eigenvalue weighted by Gasteiger charge is -2.19. The van der Waals surface area contributed by atoms with Gasteiger partial charge in [0.15, 0.2) is 5.70 Å². The highest BCUT2D eigenvalue weighted by molar-refractivity contribution is 6.07. The highest BCUT2D eigenvalue weighted by Gasteiger charge is 2.29. The minimum Gasteiger partial charge on any atom is -0.406 e. The van der Waals surface area contributed by atoms with E-state index in [4.69, 9.17) is 4.74 Å². The van der Waals surface area contributed by atoms with E-state index >= 15 is 0 Å². The van der Waals surface area contributed by atoms with Crippen LogP contribution in [-0.2, 0) is 16.0 Å². The zero-order valence-corrected chi connectivity index (χ0v) is 12.5. The molecule has 3 nitrogen and oxygen atoms in total. The molecule has 21 heavy (non-hydrogen) atoms. The van der Waals surface area contributed by atoms with Crippen molar-refractivity contribution in [3.63, 3.8) is 0 Å². The van der Waals surface area contributed by atoms with E-state index < -0.39 is 0 Å². The number of hydrogen-bond acceptors (Lipinski definition) is 3. The largest absolute Gasteiger partial charge is 0.406 e. The molecule has 0 atom stereocenters. The van der Waals surface area contributed by atoms with Gasteiger partial charge in [0.05, 0.1) is 0 Å². The maximum atomic E-state index is 11.9. The molecular formula is C18H21NO2. The smallest absolute Gasteiger partial charge is 0.363 e. The molecule has 0 bridgehead atoms. The van der Waals surface area contributed by atoms with Crippen LogP contribution in [0.15, 0.2) is 35.0 Å². The molecule has 0 spiro atoms. The second kappa shape index (κ2) is 6.25. The van der Waals surface area contributed by atoms with E-state index in [-0.39, 0.29) is 5.97 Å². The van der Waals surface area contributed by atoms with Crippen molar-refractivity contribution in [2.24, 2.45) is 10.9 Å². The number of aliphatic imine (C=N–C) groups is 1. The van der Waals surface area contributed by atoms with Crippen LogP contribution in [0.1, 0.15) is 50.2 Å². The molecule has 1 aliphatic carbocycles. The van der Waals surface area contributed by atoms with Gasteiger partial charge in [-0.25, -0.2) is 9.79 Å². The van der Waals surface area contributed by atoms with E-state index in [0.717, 1.165) is 24.8 Å². The summed E-state index contributed by atoms with van der Waals surface area (Å²) in [5, 5.41) is 0. The van der Waals surface area contributed by atoms with Crippen LogP contribution < -0.4 is 0 Å². The Kier molecular flexibility index (Phi) is 4.18. The molecule has 1 aromatic rings. The fourth-order valence-electron chi connectivity index (χ4n) is 2.96. The van der Waals surface area contributed by atoms with Crippen molar-refractivity contribution in [2.45, 2.75) is 45.4 Å². The van der Waals surface area contributed by atoms with Crippen molar-refractivity contribution in [1.29, 1.82) is 0 Å². The quantitative estimate of drug-likeness (QED) is 0.618. The van der Waals surface area contributed by atoms with Crippen molar-refractivity contribution in [2.75, 3.05) is 0 Å². The van der Waals surface area contributed by atoms with Gasteiger partial charge in [0, 0.05) is 5.92 Å². The Morgan fingerprint density at radius 2 is 1.90 bits per heavy atom. The third kappa shape index (κ3) is 3.23. The standard InChI is InChI=1S/C18H21NO2/c1-2-13-8-10-14(11-9-13)12-16-18(20)21-17(19-16)15-6-4-3-5-7-15/h8-12,15H,2-7H2,1H3/b16-12+. The summed E-state index contributed by atoms with van der Waals surface area (Å²) in [6.07, 6.45) is 8.71. The highest BCUT2D eigenvalue weighted by Crippen LogP contribution is 2.29. The average molecular weight is 283 g/mol. The Bertz CT molecular complexity index is 578. The minimum atomic E-state index is -0.310. The first kappa shape index (κ1) is 14.1. The molecule has 0 unspecified atom stereocenters. The summed E-state index contributed by atoms with van der Waals surface area (Å²) < 4.78 is 5.37. The van der Waals surface area contributed by atoms with E-state index in [1.165, 1.54) is 24.8 Å². The highest BCUT2D eigenvalue weighted by atomic mass is 16.6. The zero-order chi connectivity index (χ0) is 14.7. The van der Waals surface area contributed by atoms with E-state index in [1.54, 1.807) is 0 Å². The summed E-state index contributed by atoms with van der Waals surface area (Å²) in [5.74, 6) is 0.655. The fraction of sp³-hybridized carbons (Fsp3) is 0.444. The number of carbonyl (C=O) groups excluding carboxylic acids is 1. The van der Waals surface area contributed by atoms with Gasteiger partial charge < -0.3 is 4.74 Å². The molecule has 110 valence electrons. The fourth-order valence-corrected chi connectivity index (χ4v) is 2.96. The van der Waals surface area contributed by atoms with E-state index in [1.807, 2.05) is 18.2 Å². The Morgan fingerprint density at radius 3 is 2.57 bits per heavy atom. The van der Waals surface area contributed by atoms with Crippen molar-refractivity contribution >= 4 is 17.9 Å². The van der Waals surface area contributed by atoms with Gasteiger partial charge in [-0.3, -0.25) is 0 Å². The lowest BCUT2D eigenvalue weighted by atomic mass is 9.89. The summed E-state index contributed by atoms with van der Waals surface area (Å²) in [4.78, 5) is 16.4. The molecular weight excluding hydrogens is 262 g/mol. The number of carbonyl (C=O) groups is 1. The van der Waals surface area contributed by atoms with E-state index in [2.05, 4.69) is 24.0 Å². The first-order valence-electron chi connectivity index (χ1n) is 7.87. The molecule has 3 heteroatoms. The van der Waals surface area contributed by atoms with E-state index in [9.17, 15) is 4.79 Å². The maximum absolute atomic E-state index is 11.9. The first-order valence-corrected chi connectivity index (χ1v) is 7.87. The topological polar surface area (TPSA) is 38.7 Å². The number of rotatable bonds is 3. The SMILES string of the molecule is CCc1ccc(/C=C2/N=C(C3CCCCC3)OC2=O)cc1. The summed E-state index contributed by atoms with van der Waals surface area (Å²) >= 11 is 0. The molecule has 1 saturated carbocycles. The van der Waals surface area contributed by atoms with E-state index in [0.29, 0.717) is 17.5 Å². The summed E-state index contributed by atoms with van der Waals surface area (Å²) in [7, 11) is 0. The number of hydrogen-bond donors (Lipinski definition) is 0. The monoisotopic (exact) mass is 283 g/mol. The molecule has 0 aromatic heterocycles. The normalized spacial score (nSPS) is 21.5. The van der Waals surface area contributed by atoms with Crippen LogP contribution in [0.5, 0.6) is 0 Å². The molecule has 1 heterocycles. The number of esters is 1. The average Bonchev–Trinajstić information content (AvgIpc) is 2.90. The van der Waals surface area contributed by atoms with Crippen LogP contribution in [0.25, 0.3) is 6.08 Å². The third-order valence-electron chi connectivity index (χ3n) is 4.28. The minimum absolute atomic E-state index is 0.310. The van der Waals surface area contributed by atoms with Crippen LogP contribution in [0.4, 0.5) is 0 Å².